The van der Waals surface area contributed by atoms with Gasteiger partial charge in [0, 0.05) is 12.2 Å². The van der Waals surface area contributed by atoms with Crippen LogP contribution in [0, 0.1) is 12.8 Å². The lowest BCUT2D eigenvalue weighted by Gasteiger charge is -2.05. The second-order valence-electron chi connectivity index (χ2n) is 3.21. The van der Waals surface area contributed by atoms with Gasteiger partial charge in [0.05, 0.1) is 0 Å². The number of anilines is 1. The largest absolute Gasteiger partial charge is 0.381 e. The number of terminal acetylenes is 1. The Bertz CT molecular complexity index is 364. The van der Waals surface area contributed by atoms with E-state index in [1.165, 1.54) is 5.56 Å². The normalized spacial score (nSPS) is 8.62. The summed E-state index contributed by atoms with van der Waals surface area (Å²) in [5.41, 5.74) is 2.47. The standard InChI is InChI=1S/C13H13N.C2H2/c1-3-7-12(8-4-1)11-14-13-9-5-2-6-10-13;1-2/h1-10,14H,11H2;1-2H. The highest BCUT2D eigenvalue weighted by atomic mass is 14.9. The molecular weight excluding hydrogens is 194 g/mol. The van der Waals surface area contributed by atoms with Crippen LogP contribution in [-0.2, 0) is 6.54 Å². The Hall–Kier alpha value is -2.20. The molecule has 2 rings (SSSR count). The lowest BCUT2D eigenvalue weighted by atomic mass is 10.2. The van der Waals surface area contributed by atoms with E-state index < -0.39 is 0 Å². The molecule has 0 unspecified atom stereocenters. The van der Waals surface area contributed by atoms with Gasteiger partial charge in [0.15, 0.2) is 0 Å². The number of benzene rings is 2. The van der Waals surface area contributed by atoms with Gasteiger partial charge in [-0.3, -0.25) is 0 Å². The van der Waals surface area contributed by atoms with E-state index in [9.17, 15) is 0 Å². The second-order valence-corrected chi connectivity index (χ2v) is 3.21. The third-order valence-corrected chi connectivity index (χ3v) is 2.11. The van der Waals surface area contributed by atoms with Crippen molar-refractivity contribution < 1.29 is 0 Å². The molecule has 0 aromatic heterocycles. The van der Waals surface area contributed by atoms with Crippen LogP contribution >= 0.6 is 0 Å². The zero-order chi connectivity index (χ0) is 11.6. The van der Waals surface area contributed by atoms with E-state index in [1.54, 1.807) is 0 Å². The molecule has 0 spiro atoms. The Morgan fingerprint density at radius 1 is 0.750 bits per heavy atom. The first-order valence-electron chi connectivity index (χ1n) is 5.11. The van der Waals surface area contributed by atoms with Crippen molar-refractivity contribution >= 4 is 5.69 Å². The van der Waals surface area contributed by atoms with E-state index in [0.29, 0.717) is 0 Å². The van der Waals surface area contributed by atoms with Gasteiger partial charge in [-0.05, 0) is 17.7 Å². The maximum atomic E-state index is 4.00. The van der Waals surface area contributed by atoms with Gasteiger partial charge in [-0.15, -0.1) is 12.8 Å². The molecule has 0 aliphatic rings. The van der Waals surface area contributed by atoms with Crippen LogP contribution < -0.4 is 5.32 Å². The highest BCUT2D eigenvalue weighted by Crippen LogP contribution is 2.07. The molecule has 2 aromatic carbocycles. The Balaban J connectivity index is 0.000000606. The predicted molar refractivity (Wildman–Crippen MR) is 70.1 cm³/mol. The first-order chi connectivity index (χ1) is 7.95. The summed E-state index contributed by atoms with van der Waals surface area (Å²) < 4.78 is 0. The smallest absolute Gasteiger partial charge is 0.0400 e. The van der Waals surface area contributed by atoms with Crippen LogP contribution in [0.4, 0.5) is 5.69 Å². The van der Waals surface area contributed by atoms with Crippen molar-refractivity contribution in [2.45, 2.75) is 6.54 Å². The lowest BCUT2D eigenvalue weighted by molar-refractivity contribution is 1.15. The van der Waals surface area contributed by atoms with Crippen LogP contribution in [0.3, 0.4) is 0 Å². The summed E-state index contributed by atoms with van der Waals surface area (Å²) in [6.07, 6.45) is 8.00. The van der Waals surface area contributed by atoms with E-state index in [2.05, 4.69) is 54.6 Å². The molecule has 0 saturated heterocycles. The lowest BCUT2D eigenvalue weighted by Crippen LogP contribution is -1.98. The van der Waals surface area contributed by atoms with Crippen LogP contribution in [0.25, 0.3) is 0 Å². The molecule has 0 atom stereocenters. The molecule has 0 radical (unpaired) electrons. The van der Waals surface area contributed by atoms with Crippen molar-refractivity contribution in [3.05, 3.63) is 66.2 Å². The van der Waals surface area contributed by atoms with E-state index in [-0.39, 0.29) is 0 Å². The number of nitrogens with one attached hydrogen (secondary N) is 1. The molecular formula is C15H15N. The Labute approximate surface area is 97.1 Å². The average molecular weight is 209 g/mol. The third kappa shape index (κ3) is 3.89. The summed E-state index contributed by atoms with van der Waals surface area (Å²) >= 11 is 0. The molecule has 0 aliphatic heterocycles. The summed E-state index contributed by atoms with van der Waals surface area (Å²) in [6, 6.07) is 20.6. The molecule has 0 aliphatic carbocycles. The Morgan fingerprint density at radius 2 is 1.25 bits per heavy atom. The summed E-state index contributed by atoms with van der Waals surface area (Å²) in [6.45, 7) is 0.880. The molecule has 80 valence electrons. The van der Waals surface area contributed by atoms with Gasteiger partial charge < -0.3 is 5.32 Å². The van der Waals surface area contributed by atoms with Crippen LogP contribution in [0.2, 0.25) is 0 Å². The molecule has 1 N–H and O–H groups in total. The quantitative estimate of drug-likeness (QED) is 0.762. The van der Waals surface area contributed by atoms with Gasteiger partial charge >= 0.3 is 0 Å². The first-order valence-corrected chi connectivity index (χ1v) is 5.11. The van der Waals surface area contributed by atoms with E-state index in [4.69, 9.17) is 0 Å². The third-order valence-electron chi connectivity index (χ3n) is 2.11. The summed E-state index contributed by atoms with van der Waals surface area (Å²) in [5.74, 6) is 0. The minimum absolute atomic E-state index is 0.880. The van der Waals surface area contributed by atoms with Crippen LogP contribution in [0.15, 0.2) is 60.7 Å². The van der Waals surface area contributed by atoms with E-state index in [1.807, 2.05) is 24.3 Å². The van der Waals surface area contributed by atoms with E-state index >= 15 is 0 Å². The maximum Gasteiger partial charge on any atom is 0.0400 e. The minimum Gasteiger partial charge on any atom is -0.381 e. The highest BCUT2D eigenvalue weighted by Gasteiger charge is 1.90. The second kappa shape index (κ2) is 7.14. The molecule has 0 amide bonds. The van der Waals surface area contributed by atoms with Crippen molar-refractivity contribution in [1.82, 2.24) is 0 Å². The fraction of sp³-hybridized carbons (Fsp3) is 0.0667. The monoisotopic (exact) mass is 209 g/mol. The van der Waals surface area contributed by atoms with E-state index in [0.717, 1.165) is 12.2 Å². The van der Waals surface area contributed by atoms with Crippen LogP contribution in [0.1, 0.15) is 5.56 Å². The van der Waals surface area contributed by atoms with Crippen molar-refractivity contribution in [3.63, 3.8) is 0 Å². The summed E-state index contributed by atoms with van der Waals surface area (Å²) in [5, 5.41) is 3.36. The fourth-order valence-corrected chi connectivity index (χ4v) is 1.36. The average Bonchev–Trinajstić information content (AvgIpc) is 2.41. The van der Waals surface area contributed by atoms with Gasteiger partial charge in [0.1, 0.15) is 0 Å². The van der Waals surface area contributed by atoms with Crippen molar-refractivity contribution in [2.75, 3.05) is 5.32 Å². The SMILES string of the molecule is C#C.c1ccc(CNc2ccccc2)cc1. The molecule has 16 heavy (non-hydrogen) atoms. The van der Waals surface area contributed by atoms with Crippen LogP contribution in [0.5, 0.6) is 0 Å². The van der Waals surface area contributed by atoms with Gasteiger partial charge in [-0.25, -0.2) is 0 Å². The van der Waals surface area contributed by atoms with Crippen LogP contribution in [-0.4, -0.2) is 0 Å². The van der Waals surface area contributed by atoms with Gasteiger partial charge in [0.25, 0.3) is 0 Å². The molecule has 0 fully saturated rings. The number of hydrogen-bond donors (Lipinski definition) is 1. The highest BCUT2D eigenvalue weighted by molar-refractivity contribution is 5.43. The first kappa shape index (κ1) is 11.9. The number of rotatable bonds is 3. The molecule has 0 bridgehead atoms. The minimum atomic E-state index is 0.880. The van der Waals surface area contributed by atoms with Crippen molar-refractivity contribution in [1.29, 1.82) is 0 Å². The molecule has 1 heteroatoms. The Kier molecular flexibility index (Phi) is 5.30. The topological polar surface area (TPSA) is 12.0 Å². The van der Waals surface area contributed by atoms with Crippen molar-refractivity contribution in [3.8, 4) is 12.8 Å². The predicted octanol–water partition coefficient (Wildman–Crippen LogP) is 3.55. The molecule has 0 heterocycles. The Morgan fingerprint density at radius 3 is 1.81 bits per heavy atom. The fourth-order valence-electron chi connectivity index (χ4n) is 1.36. The van der Waals surface area contributed by atoms with Gasteiger partial charge in [-0.2, -0.15) is 0 Å². The number of para-hydroxylation sites is 1. The molecule has 0 saturated carbocycles. The van der Waals surface area contributed by atoms with Gasteiger partial charge in [0.2, 0.25) is 0 Å². The summed E-state index contributed by atoms with van der Waals surface area (Å²) in [7, 11) is 0. The number of hydrogen-bond acceptors (Lipinski definition) is 1. The van der Waals surface area contributed by atoms with Gasteiger partial charge in [-0.1, -0.05) is 48.5 Å². The molecule has 1 nitrogen and oxygen atoms in total. The van der Waals surface area contributed by atoms with Crippen molar-refractivity contribution in [2.24, 2.45) is 0 Å². The zero-order valence-corrected chi connectivity index (χ0v) is 9.14. The zero-order valence-electron chi connectivity index (χ0n) is 9.14. The molecule has 2 aromatic rings. The maximum absolute atomic E-state index is 4.00. The summed E-state index contributed by atoms with van der Waals surface area (Å²) in [4.78, 5) is 0.